The van der Waals surface area contributed by atoms with Crippen molar-refractivity contribution in [2.24, 2.45) is 0 Å². The van der Waals surface area contributed by atoms with E-state index in [1.807, 2.05) is 0 Å². The van der Waals surface area contributed by atoms with Crippen LogP contribution in [0, 0.1) is 10.1 Å². The lowest BCUT2D eigenvalue weighted by Crippen LogP contribution is -2.32. The molecule has 2 N–H and O–H groups in total. The molecule has 8 nitrogen and oxygen atoms in total. The van der Waals surface area contributed by atoms with E-state index in [0.717, 1.165) is 18.9 Å². The smallest absolute Gasteiger partial charge is 0.338 e. The van der Waals surface area contributed by atoms with Crippen molar-refractivity contribution in [3.05, 3.63) is 33.9 Å². The molecule has 0 saturated carbocycles. The van der Waals surface area contributed by atoms with Gasteiger partial charge in [0.05, 0.1) is 10.5 Å². The minimum Gasteiger partial charge on any atom is -0.452 e. The van der Waals surface area contributed by atoms with E-state index < -0.39 is 10.9 Å². The van der Waals surface area contributed by atoms with Crippen molar-refractivity contribution in [2.75, 3.05) is 25.4 Å². The third-order valence-electron chi connectivity index (χ3n) is 3.25. The maximum Gasteiger partial charge on any atom is 0.338 e. The highest BCUT2D eigenvalue weighted by Crippen LogP contribution is 2.22. The predicted octanol–water partition coefficient (Wildman–Crippen LogP) is 0.956. The number of ether oxygens (including phenoxy) is 1. The third kappa shape index (κ3) is 3.47. The number of benzene rings is 1. The molecule has 1 amide bonds. The van der Waals surface area contributed by atoms with Gasteiger partial charge < -0.3 is 15.4 Å². The van der Waals surface area contributed by atoms with Crippen molar-refractivity contribution < 1.29 is 19.2 Å². The number of hydrogen-bond acceptors (Lipinski definition) is 6. The van der Waals surface area contributed by atoms with E-state index in [-0.39, 0.29) is 29.5 Å². The largest absolute Gasteiger partial charge is 0.452 e. The molecule has 1 aliphatic rings. The highest BCUT2D eigenvalue weighted by molar-refractivity contribution is 5.92. The van der Waals surface area contributed by atoms with E-state index in [1.165, 1.54) is 12.1 Å². The van der Waals surface area contributed by atoms with E-state index >= 15 is 0 Å². The highest BCUT2D eigenvalue weighted by atomic mass is 16.6. The molecule has 0 spiro atoms. The van der Waals surface area contributed by atoms with Crippen molar-refractivity contribution in [1.29, 1.82) is 0 Å². The Morgan fingerprint density at radius 1 is 1.33 bits per heavy atom. The van der Waals surface area contributed by atoms with Crippen LogP contribution in [0.5, 0.6) is 0 Å². The molecule has 112 valence electrons. The number of nitrogens with zero attached hydrogens (tertiary/aromatic N) is 2. The lowest BCUT2D eigenvalue weighted by molar-refractivity contribution is -0.383. The van der Waals surface area contributed by atoms with Gasteiger partial charge in [0, 0.05) is 19.2 Å². The fraction of sp³-hybridized carbons (Fsp3) is 0.385. The summed E-state index contributed by atoms with van der Waals surface area (Å²) in [5.41, 5.74) is 5.03. The number of nitro groups is 1. The lowest BCUT2D eigenvalue weighted by Gasteiger charge is -2.14. The molecule has 0 aromatic heterocycles. The van der Waals surface area contributed by atoms with Crippen LogP contribution in [0.4, 0.5) is 11.4 Å². The van der Waals surface area contributed by atoms with Gasteiger partial charge in [-0.2, -0.15) is 0 Å². The Balaban J connectivity index is 1.98. The van der Waals surface area contributed by atoms with E-state index in [1.54, 1.807) is 4.90 Å². The minimum absolute atomic E-state index is 0.00915. The van der Waals surface area contributed by atoms with Crippen LogP contribution in [0.15, 0.2) is 18.2 Å². The summed E-state index contributed by atoms with van der Waals surface area (Å²) in [5, 5.41) is 10.7. The van der Waals surface area contributed by atoms with Crippen LogP contribution in [-0.4, -0.2) is 41.4 Å². The average Bonchev–Trinajstić information content (AvgIpc) is 2.98. The van der Waals surface area contributed by atoms with Crippen LogP contribution in [-0.2, 0) is 9.53 Å². The first-order chi connectivity index (χ1) is 9.99. The zero-order valence-corrected chi connectivity index (χ0v) is 11.3. The second-order valence-electron chi connectivity index (χ2n) is 4.69. The fourth-order valence-corrected chi connectivity index (χ4v) is 2.10. The van der Waals surface area contributed by atoms with E-state index in [9.17, 15) is 19.7 Å². The zero-order chi connectivity index (χ0) is 15.4. The predicted molar refractivity (Wildman–Crippen MR) is 73.6 cm³/mol. The Bertz CT molecular complexity index is 581. The minimum atomic E-state index is -0.786. The molecule has 0 radical (unpaired) electrons. The zero-order valence-electron chi connectivity index (χ0n) is 11.3. The first kappa shape index (κ1) is 14.8. The number of rotatable bonds is 4. The van der Waals surface area contributed by atoms with Crippen LogP contribution in [0.3, 0.4) is 0 Å². The first-order valence-corrected chi connectivity index (χ1v) is 6.48. The molecule has 0 aliphatic carbocycles. The average molecular weight is 293 g/mol. The molecule has 21 heavy (non-hydrogen) atoms. The molecule has 1 aromatic rings. The maximum absolute atomic E-state index is 11.8. The SMILES string of the molecule is Nc1ccc(C(=O)OCC(=O)N2CCCC2)cc1[N+](=O)[O-]. The Hall–Kier alpha value is -2.64. The third-order valence-corrected chi connectivity index (χ3v) is 3.25. The second kappa shape index (κ2) is 6.21. The van der Waals surface area contributed by atoms with E-state index in [4.69, 9.17) is 10.5 Å². The molecule has 1 saturated heterocycles. The molecule has 1 aromatic carbocycles. The van der Waals surface area contributed by atoms with Crippen molar-refractivity contribution >= 4 is 23.3 Å². The summed E-state index contributed by atoms with van der Waals surface area (Å²) in [6, 6.07) is 3.63. The lowest BCUT2D eigenvalue weighted by atomic mass is 10.2. The number of anilines is 1. The number of hydrogen-bond donors (Lipinski definition) is 1. The van der Waals surface area contributed by atoms with Crippen LogP contribution in [0.1, 0.15) is 23.2 Å². The number of carbonyl (C=O) groups is 2. The van der Waals surface area contributed by atoms with Gasteiger partial charge in [-0.25, -0.2) is 4.79 Å². The van der Waals surface area contributed by atoms with Gasteiger partial charge in [-0.1, -0.05) is 0 Å². The van der Waals surface area contributed by atoms with Crippen LogP contribution < -0.4 is 5.73 Å². The monoisotopic (exact) mass is 293 g/mol. The number of esters is 1. The van der Waals surface area contributed by atoms with Crippen molar-refractivity contribution in [3.8, 4) is 0 Å². The molecule has 1 fully saturated rings. The Morgan fingerprint density at radius 3 is 2.62 bits per heavy atom. The summed E-state index contributed by atoms with van der Waals surface area (Å²) in [7, 11) is 0. The summed E-state index contributed by atoms with van der Waals surface area (Å²) in [6.45, 7) is 0.977. The van der Waals surface area contributed by atoms with Crippen LogP contribution in [0.25, 0.3) is 0 Å². The highest BCUT2D eigenvalue weighted by Gasteiger charge is 2.21. The van der Waals surface area contributed by atoms with Gasteiger partial charge in [-0.05, 0) is 25.0 Å². The van der Waals surface area contributed by atoms with E-state index in [2.05, 4.69) is 0 Å². The molecule has 2 rings (SSSR count). The van der Waals surface area contributed by atoms with Gasteiger partial charge in [-0.15, -0.1) is 0 Å². The van der Waals surface area contributed by atoms with Gasteiger partial charge in [0.1, 0.15) is 5.69 Å². The first-order valence-electron chi connectivity index (χ1n) is 6.48. The topological polar surface area (TPSA) is 116 Å². The number of amides is 1. The summed E-state index contributed by atoms with van der Waals surface area (Å²) in [4.78, 5) is 35.2. The molecule has 0 unspecified atom stereocenters. The summed E-state index contributed by atoms with van der Waals surface area (Å²) in [6.07, 6.45) is 1.90. The number of nitro benzene ring substituents is 1. The second-order valence-corrected chi connectivity index (χ2v) is 4.69. The van der Waals surface area contributed by atoms with E-state index in [0.29, 0.717) is 13.1 Å². The van der Waals surface area contributed by atoms with Crippen molar-refractivity contribution in [2.45, 2.75) is 12.8 Å². The standard InChI is InChI=1S/C13H15N3O5/c14-10-4-3-9(7-11(10)16(19)20)13(18)21-8-12(17)15-5-1-2-6-15/h3-4,7H,1-2,5-6,8,14H2. The summed E-state index contributed by atoms with van der Waals surface area (Å²) < 4.78 is 4.88. The van der Waals surface area contributed by atoms with Gasteiger partial charge in [0.25, 0.3) is 11.6 Å². The normalized spacial score (nSPS) is 14.0. The molecular weight excluding hydrogens is 278 g/mol. The number of likely N-dealkylation sites (tertiary alicyclic amines) is 1. The maximum atomic E-state index is 11.8. The van der Waals surface area contributed by atoms with Gasteiger partial charge in [0.15, 0.2) is 6.61 Å². The van der Waals surface area contributed by atoms with Crippen LogP contribution in [0.2, 0.25) is 0 Å². The Kier molecular flexibility index (Phi) is 4.36. The van der Waals surface area contributed by atoms with Crippen molar-refractivity contribution in [3.63, 3.8) is 0 Å². The molecule has 8 heteroatoms. The van der Waals surface area contributed by atoms with Crippen molar-refractivity contribution in [1.82, 2.24) is 4.90 Å². The number of nitrogen functional groups attached to an aromatic ring is 1. The van der Waals surface area contributed by atoms with Gasteiger partial charge >= 0.3 is 5.97 Å². The van der Waals surface area contributed by atoms with Gasteiger partial charge in [0.2, 0.25) is 0 Å². The molecule has 1 heterocycles. The molecular formula is C13H15N3O5. The fourth-order valence-electron chi connectivity index (χ4n) is 2.10. The number of nitrogens with two attached hydrogens (primary N) is 1. The number of carbonyl (C=O) groups excluding carboxylic acids is 2. The Labute approximate surface area is 120 Å². The van der Waals surface area contributed by atoms with Crippen LogP contribution >= 0.6 is 0 Å². The van der Waals surface area contributed by atoms with Gasteiger partial charge in [-0.3, -0.25) is 14.9 Å². The summed E-state index contributed by atoms with van der Waals surface area (Å²) >= 11 is 0. The quantitative estimate of drug-likeness (QED) is 0.382. The molecule has 0 bridgehead atoms. The molecule has 0 atom stereocenters. The molecule has 1 aliphatic heterocycles. The Morgan fingerprint density at radius 2 is 2.00 bits per heavy atom. The summed E-state index contributed by atoms with van der Waals surface area (Å²) in [5.74, 6) is -1.04.